The number of hydrogen-bond acceptors (Lipinski definition) is 4. The molecule has 1 aliphatic rings. The zero-order valence-corrected chi connectivity index (χ0v) is 11.2. The predicted octanol–water partition coefficient (Wildman–Crippen LogP) is 3.57. The Kier molecular flexibility index (Phi) is 3.28. The van der Waals surface area contributed by atoms with Crippen LogP contribution < -0.4 is 5.32 Å². The number of nitrogens with zero attached hydrogens (tertiary/aromatic N) is 2. The quantitative estimate of drug-likeness (QED) is 0.688. The lowest BCUT2D eigenvalue weighted by Crippen LogP contribution is -2.08. The molecule has 2 aromatic carbocycles. The minimum atomic E-state index is -0.491. The molecule has 0 saturated heterocycles. The SMILES string of the molecule is N#Cc1cc([N+](=O)[O-])ccc1NC1CCc2ccccc21. The summed E-state index contributed by atoms with van der Waals surface area (Å²) in [6.07, 6.45) is 1.96. The number of nitro benzene ring substituents is 1. The van der Waals surface area contributed by atoms with Crippen molar-refractivity contribution in [3.05, 3.63) is 69.3 Å². The summed E-state index contributed by atoms with van der Waals surface area (Å²) in [6, 6.07) is 14.7. The minimum Gasteiger partial charge on any atom is -0.377 e. The van der Waals surface area contributed by atoms with Crippen molar-refractivity contribution in [1.29, 1.82) is 5.26 Å². The van der Waals surface area contributed by atoms with Gasteiger partial charge in [0, 0.05) is 12.1 Å². The predicted molar refractivity (Wildman–Crippen MR) is 78.9 cm³/mol. The van der Waals surface area contributed by atoms with E-state index in [1.165, 1.54) is 23.3 Å². The van der Waals surface area contributed by atoms with Gasteiger partial charge < -0.3 is 5.32 Å². The van der Waals surface area contributed by atoms with E-state index in [4.69, 9.17) is 0 Å². The molecule has 3 rings (SSSR count). The fourth-order valence-electron chi connectivity index (χ4n) is 2.76. The molecule has 1 unspecified atom stereocenters. The third kappa shape index (κ3) is 2.43. The second kappa shape index (κ2) is 5.25. The summed E-state index contributed by atoms with van der Waals surface area (Å²) in [5.74, 6) is 0. The number of nitro groups is 1. The Morgan fingerprint density at radius 3 is 2.86 bits per heavy atom. The van der Waals surface area contributed by atoms with Gasteiger partial charge in [-0.25, -0.2) is 0 Å². The summed E-state index contributed by atoms with van der Waals surface area (Å²) in [6.45, 7) is 0. The number of rotatable bonds is 3. The number of anilines is 1. The molecule has 0 aromatic heterocycles. The molecule has 0 heterocycles. The number of nitriles is 1. The van der Waals surface area contributed by atoms with E-state index in [0.717, 1.165) is 12.8 Å². The van der Waals surface area contributed by atoms with Crippen LogP contribution in [0.5, 0.6) is 0 Å². The maximum absolute atomic E-state index is 10.8. The molecular formula is C16H13N3O2. The van der Waals surface area contributed by atoms with Gasteiger partial charge in [-0.1, -0.05) is 24.3 Å². The van der Waals surface area contributed by atoms with Gasteiger partial charge in [0.1, 0.15) is 6.07 Å². The summed E-state index contributed by atoms with van der Waals surface area (Å²) >= 11 is 0. The molecule has 0 saturated carbocycles. The number of aryl methyl sites for hydroxylation is 1. The van der Waals surface area contributed by atoms with Gasteiger partial charge in [0.25, 0.3) is 5.69 Å². The van der Waals surface area contributed by atoms with Crippen molar-refractivity contribution >= 4 is 11.4 Å². The van der Waals surface area contributed by atoms with Gasteiger partial charge >= 0.3 is 0 Å². The van der Waals surface area contributed by atoms with E-state index in [0.29, 0.717) is 11.3 Å². The van der Waals surface area contributed by atoms with Gasteiger partial charge in [-0.15, -0.1) is 0 Å². The number of fused-ring (bicyclic) bond motifs is 1. The molecule has 0 spiro atoms. The molecule has 21 heavy (non-hydrogen) atoms. The van der Waals surface area contributed by atoms with Crippen LogP contribution in [0, 0.1) is 21.4 Å². The maximum atomic E-state index is 10.8. The number of benzene rings is 2. The third-order valence-corrected chi connectivity index (χ3v) is 3.80. The Bertz CT molecular complexity index is 749. The molecule has 0 radical (unpaired) electrons. The van der Waals surface area contributed by atoms with Crippen molar-refractivity contribution in [3.63, 3.8) is 0 Å². The fourth-order valence-corrected chi connectivity index (χ4v) is 2.76. The smallest absolute Gasteiger partial charge is 0.270 e. The minimum absolute atomic E-state index is 0.0658. The number of non-ortho nitro benzene ring substituents is 1. The lowest BCUT2D eigenvalue weighted by molar-refractivity contribution is -0.384. The summed E-state index contributed by atoms with van der Waals surface area (Å²) in [4.78, 5) is 10.3. The molecule has 1 atom stereocenters. The Balaban J connectivity index is 1.90. The second-order valence-electron chi connectivity index (χ2n) is 5.03. The second-order valence-corrected chi connectivity index (χ2v) is 5.03. The summed E-state index contributed by atoms with van der Waals surface area (Å²) in [7, 11) is 0. The van der Waals surface area contributed by atoms with Crippen LogP contribution in [0.4, 0.5) is 11.4 Å². The first-order valence-electron chi connectivity index (χ1n) is 6.72. The van der Waals surface area contributed by atoms with E-state index in [1.54, 1.807) is 6.07 Å². The van der Waals surface area contributed by atoms with Crippen molar-refractivity contribution in [3.8, 4) is 6.07 Å². The lowest BCUT2D eigenvalue weighted by Gasteiger charge is -2.16. The van der Waals surface area contributed by atoms with E-state index in [9.17, 15) is 15.4 Å². The molecule has 0 fully saturated rings. The van der Waals surface area contributed by atoms with Crippen LogP contribution in [-0.2, 0) is 6.42 Å². The third-order valence-electron chi connectivity index (χ3n) is 3.80. The van der Waals surface area contributed by atoms with E-state index in [-0.39, 0.29) is 11.7 Å². The van der Waals surface area contributed by atoms with E-state index < -0.39 is 4.92 Å². The van der Waals surface area contributed by atoms with Crippen molar-refractivity contribution in [2.45, 2.75) is 18.9 Å². The summed E-state index contributed by atoms with van der Waals surface area (Å²) < 4.78 is 0. The first-order valence-corrected chi connectivity index (χ1v) is 6.72. The van der Waals surface area contributed by atoms with Crippen LogP contribution in [0.15, 0.2) is 42.5 Å². The molecule has 1 N–H and O–H groups in total. The highest BCUT2D eigenvalue weighted by atomic mass is 16.6. The van der Waals surface area contributed by atoms with E-state index in [1.807, 2.05) is 18.2 Å². The number of nitrogens with one attached hydrogen (secondary N) is 1. The first-order chi connectivity index (χ1) is 10.2. The molecule has 0 bridgehead atoms. The fraction of sp³-hybridized carbons (Fsp3) is 0.188. The maximum Gasteiger partial charge on any atom is 0.270 e. The largest absolute Gasteiger partial charge is 0.377 e. The normalized spacial score (nSPS) is 16.0. The monoisotopic (exact) mass is 279 g/mol. The molecular weight excluding hydrogens is 266 g/mol. The molecule has 0 amide bonds. The van der Waals surface area contributed by atoms with Crippen LogP contribution in [0.2, 0.25) is 0 Å². The molecule has 104 valence electrons. The highest BCUT2D eigenvalue weighted by Gasteiger charge is 2.22. The van der Waals surface area contributed by atoms with Gasteiger partial charge in [0.2, 0.25) is 0 Å². The number of hydrogen-bond donors (Lipinski definition) is 1. The van der Waals surface area contributed by atoms with Gasteiger partial charge in [0.15, 0.2) is 0 Å². The molecule has 2 aromatic rings. The van der Waals surface area contributed by atoms with E-state index in [2.05, 4.69) is 17.4 Å². The summed E-state index contributed by atoms with van der Waals surface area (Å²) in [5.41, 5.74) is 3.43. The lowest BCUT2D eigenvalue weighted by atomic mass is 10.1. The molecule has 0 aliphatic heterocycles. The van der Waals surface area contributed by atoms with Crippen molar-refractivity contribution < 1.29 is 4.92 Å². The van der Waals surface area contributed by atoms with Gasteiger partial charge in [-0.3, -0.25) is 10.1 Å². The van der Waals surface area contributed by atoms with Gasteiger partial charge in [-0.05, 0) is 30.0 Å². The van der Waals surface area contributed by atoms with Gasteiger partial charge in [-0.2, -0.15) is 5.26 Å². The van der Waals surface area contributed by atoms with Crippen molar-refractivity contribution in [2.75, 3.05) is 5.32 Å². The van der Waals surface area contributed by atoms with E-state index >= 15 is 0 Å². The highest BCUT2D eigenvalue weighted by Crippen LogP contribution is 2.34. The zero-order valence-electron chi connectivity index (χ0n) is 11.2. The van der Waals surface area contributed by atoms with Crippen LogP contribution in [0.3, 0.4) is 0 Å². The van der Waals surface area contributed by atoms with Crippen LogP contribution >= 0.6 is 0 Å². The average molecular weight is 279 g/mol. The van der Waals surface area contributed by atoms with Crippen molar-refractivity contribution in [1.82, 2.24) is 0 Å². The zero-order chi connectivity index (χ0) is 14.8. The first kappa shape index (κ1) is 13.1. The Morgan fingerprint density at radius 2 is 2.10 bits per heavy atom. The van der Waals surface area contributed by atoms with Crippen LogP contribution in [0.1, 0.15) is 29.2 Å². The molecule has 5 heteroatoms. The van der Waals surface area contributed by atoms with Crippen LogP contribution in [-0.4, -0.2) is 4.92 Å². The Morgan fingerprint density at radius 1 is 1.29 bits per heavy atom. The van der Waals surface area contributed by atoms with Crippen molar-refractivity contribution in [2.24, 2.45) is 0 Å². The molecule has 5 nitrogen and oxygen atoms in total. The standard InChI is InChI=1S/C16H13N3O2/c17-10-12-9-13(19(20)21)6-8-15(12)18-16-7-5-11-3-1-2-4-14(11)16/h1-4,6,8-9,16,18H,5,7H2. The van der Waals surface area contributed by atoms with Gasteiger partial charge in [0.05, 0.1) is 22.2 Å². The Labute approximate surface area is 122 Å². The van der Waals surface area contributed by atoms with Crippen LogP contribution in [0.25, 0.3) is 0 Å². The average Bonchev–Trinajstić information content (AvgIpc) is 2.91. The topological polar surface area (TPSA) is 79.0 Å². The molecule has 1 aliphatic carbocycles. The summed E-state index contributed by atoms with van der Waals surface area (Å²) in [5, 5.41) is 23.3. The highest BCUT2D eigenvalue weighted by molar-refractivity contribution is 5.62. The Hall–Kier alpha value is -2.87.